The molecular weight excluding hydrogens is 250 g/mol. The number of sulfonamides is 1. The van der Waals surface area contributed by atoms with Gasteiger partial charge in [-0.3, -0.25) is 0 Å². The molecule has 0 spiro atoms. The number of nitrogens with one attached hydrogen (secondary N) is 1. The highest BCUT2D eigenvalue weighted by Gasteiger charge is 2.44. The Morgan fingerprint density at radius 2 is 2.43 bits per heavy atom. The molecule has 0 amide bonds. The largest absolute Gasteiger partial charge is 0.323 e. The Morgan fingerprint density at radius 1 is 1.71 bits per heavy atom. The molecule has 0 radical (unpaired) electrons. The van der Waals surface area contributed by atoms with Crippen molar-refractivity contribution in [3.05, 3.63) is 11.6 Å². The molecule has 0 saturated heterocycles. The molecule has 9 heteroatoms. The Morgan fingerprint density at radius 3 is 3.07 bits per heavy atom. The van der Waals surface area contributed by atoms with Crippen LogP contribution in [0.25, 0.3) is 0 Å². The monoisotopic (exact) mass is 255 g/mol. The topological polar surface area (TPSA) is 82.0 Å². The lowest BCUT2D eigenvalue weighted by Gasteiger charge is -2.21. The highest BCUT2D eigenvalue weighted by molar-refractivity contribution is 8.03. The Kier molecular flexibility index (Phi) is 2.48. The summed E-state index contributed by atoms with van der Waals surface area (Å²) in [5.74, 6) is 0. The zero-order valence-electron chi connectivity index (χ0n) is 6.66. The fourth-order valence-corrected chi connectivity index (χ4v) is 3.71. The van der Waals surface area contributed by atoms with Crippen LogP contribution in [0, 0.1) is 0 Å². The summed E-state index contributed by atoms with van der Waals surface area (Å²) >= 11 is 7.02. The van der Waals surface area contributed by atoms with Crippen LogP contribution in [0.4, 0.5) is 0 Å². The van der Waals surface area contributed by atoms with Gasteiger partial charge < -0.3 is 10.1 Å². The maximum Gasteiger partial charge on any atom is 0.261 e. The summed E-state index contributed by atoms with van der Waals surface area (Å²) in [4.78, 5) is 6.62. The third-order valence-electron chi connectivity index (χ3n) is 1.82. The lowest BCUT2D eigenvalue weighted by molar-refractivity contribution is 0.237. The predicted octanol–water partition coefficient (Wildman–Crippen LogP) is 0.0756. The van der Waals surface area contributed by atoms with Crippen LogP contribution in [0.2, 0.25) is 0 Å². The van der Waals surface area contributed by atoms with Gasteiger partial charge in [-0.2, -0.15) is 0 Å². The van der Waals surface area contributed by atoms with Crippen molar-refractivity contribution in [2.24, 2.45) is 4.99 Å². The van der Waals surface area contributed by atoms with Crippen molar-refractivity contribution in [1.82, 2.24) is 9.79 Å². The number of hydrogen-bond donors (Lipinski definition) is 2. The van der Waals surface area contributed by atoms with Crippen molar-refractivity contribution in [2.75, 3.05) is 0 Å². The Balaban J connectivity index is 2.36. The van der Waals surface area contributed by atoms with Gasteiger partial charge in [0.05, 0.1) is 0 Å². The van der Waals surface area contributed by atoms with Gasteiger partial charge in [-0.1, -0.05) is 28.2 Å². The first-order valence-electron chi connectivity index (χ1n) is 3.54. The quantitative estimate of drug-likeness (QED) is 0.683. The molecule has 2 aliphatic heterocycles. The normalized spacial score (nSPS) is 30.7. The molecule has 0 fully saturated rings. The minimum Gasteiger partial charge on any atom is -0.323 e. The van der Waals surface area contributed by atoms with E-state index in [4.69, 9.17) is 16.8 Å². The van der Waals surface area contributed by atoms with E-state index < -0.39 is 15.4 Å². The number of fused-ring (bicyclic) bond motifs is 1. The van der Waals surface area contributed by atoms with E-state index in [1.807, 2.05) is 0 Å². The summed E-state index contributed by atoms with van der Waals surface area (Å²) in [6.07, 6.45) is 1.58. The van der Waals surface area contributed by atoms with Gasteiger partial charge in [0.2, 0.25) is 5.37 Å². The molecule has 14 heavy (non-hydrogen) atoms. The molecule has 0 bridgehead atoms. The van der Waals surface area contributed by atoms with Crippen molar-refractivity contribution in [3.63, 3.8) is 0 Å². The summed E-state index contributed by atoms with van der Waals surface area (Å²) in [6, 6.07) is 0. The maximum atomic E-state index is 11.3. The number of aliphatic imine (C=N–C) groups is 1. The van der Waals surface area contributed by atoms with E-state index >= 15 is 0 Å². The molecule has 2 rings (SSSR count). The Labute approximate surface area is 89.6 Å². The van der Waals surface area contributed by atoms with Crippen LogP contribution < -0.4 is 4.89 Å². The van der Waals surface area contributed by atoms with Gasteiger partial charge in [-0.05, 0) is 5.41 Å². The SMILES string of the molecule is O=S(=O)(NO)C1C(Cl)=NC2SC=CN21. The van der Waals surface area contributed by atoms with Crippen LogP contribution in [0.3, 0.4) is 0 Å². The van der Waals surface area contributed by atoms with Gasteiger partial charge in [-0.15, -0.1) is 0 Å². The molecule has 2 aliphatic rings. The second-order valence-electron chi connectivity index (χ2n) is 2.64. The minimum absolute atomic E-state index is 0.0478. The first kappa shape index (κ1) is 10.2. The number of hydrogen-bond acceptors (Lipinski definition) is 6. The van der Waals surface area contributed by atoms with E-state index in [1.165, 1.54) is 21.5 Å². The summed E-state index contributed by atoms with van der Waals surface area (Å²) in [5.41, 5.74) is -0.337. The summed E-state index contributed by atoms with van der Waals surface area (Å²) in [6.45, 7) is 0. The lowest BCUT2D eigenvalue weighted by Crippen LogP contribution is -2.44. The van der Waals surface area contributed by atoms with Crippen LogP contribution in [0.5, 0.6) is 0 Å². The second-order valence-corrected chi connectivity index (χ2v) is 5.71. The van der Waals surface area contributed by atoms with Crippen molar-refractivity contribution >= 4 is 38.6 Å². The van der Waals surface area contributed by atoms with E-state index in [-0.39, 0.29) is 10.7 Å². The fraction of sp³-hybridized carbons (Fsp3) is 0.400. The highest BCUT2D eigenvalue weighted by Crippen LogP contribution is 2.35. The molecule has 2 atom stereocenters. The predicted molar refractivity (Wildman–Crippen MR) is 53.3 cm³/mol. The van der Waals surface area contributed by atoms with Crippen molar-refractivity contribution < 1.29 is 13.6 Å². The van der Waals surface area contributed by atoms with E-state index in [0.29, 0.717) is 0 Å². The van der Waals surface area contributed by atoms with E-state index in [2.05, 4.69) is 4.99 Å². The number of halogens is 1. The molecule has 0 saturated carbocycles. The molecule has 78 valence electrons. The molecular formula is C5H6ClN3O3S2. The smallest absolute Gasteiger partial charge is 0.261 e. The zero-order valence-corrected chi connectivity index (χ0v) is 9.05. The van der Waals surface area contributed by atoms with E-state index in [9.17, 15) is 8.42 Å². The summed E-state index contributed by atoms with van der Waals surface area (Å²) in [5, 5.41) is 9.02. The van der Waals surface area contributed by atoms with Crippen molar-refractivity contribution in [2.45, 2.75) is 10.9 Å². The number of thioether (sulfide) groups is 1. The van der Waals surface area contributed by atoms with Crippen molar-refractivity contribution in [1.29, 1.82) is 0 Å². The fourth-order valence-electron chi connectivity index (χ4n) is 1.24. The molecule has 0 aromatic carbocycles. The molecule has 2 heterocycles. The van der Waals surface area contributed by atoms with Gasteiger partial charge in [0, 0.05) is 6.20 Å². The summed E-state index contributed by atoms with van der Waals surface area (Å²) < 4.78 is 22.7. The molecule has 0 aromatic heterocycles. The van der Waals surface area contributed by atoms with Crippen LogP contribution in [-0.4, -0.2) is 34.6 Å². The third kappa shape index (κ3) is 1.43. The Bertz CT molecular complexity index is 406. The van der Waals surface area contributed by atoms with E-state index in [1.54, 1.807) is 11.6 Å². The van der Waals surface area contributed by atoms with Gasteiger partial charge in [0.1, 0.15) is 5.17 Å². The van der Waals surface area contributed by atoms with Crippen LogP contribution in [0.1, 0.15) is 0 Å². The zero-order chi connectivity index (χ0) is 10.3. The van der Waals surface area contributed by atoms with Crippen LogP contribution in [0.15, 0.2) is 16.6 Å². The maximum absolute atomic E-state index is 11.3. The van der Waals surface area contributed by atoms with Gasteiger partial charge in [-0.25, -0.2) is 13.4 Å². The first-order chi connectivity index (χ1) is 6.56. The molecule has 0 aromatic rings. The third-order valence-corrected chi connectivity index (χ3v) is 4.43. The molecule has 2 unspecified atom stereocenters. The first-order valence-corrected chi connectivity index (χ1v) is 6.40. The molecule has 0 aliphatic carbocycles. The number of rotatable bonds is 2. The van der Waals surface area contributed by atoms with Gasteiger partial charge >= 0.3 is 0 Å². The molecule has 6 nitrogen and oxygen atoms in total. The van der Waals surface area contributed by atoms with Gasteiger partial charge in [0.25, 0.3) is 10.0 Å². The average molecular weight is 256 g/mol. The second kappa shape index (κ2) is 3.38. The van der Waals surface area contributed by atoms with Gasteiger partial charge in [0.15, 0.2) is 5.50 Å². The van der Waals surface area contributed by atoms with Crippen molar-refractivity contribution in [3.8, 4) is 0 Å². The molecule has 2 N–H and O–H groups in total. The summed E-state index contributed by atoms with van der Waals surface area (Å²) in [7, 11) is -3.90. The van der Waals surface area contributed by atoms with E-state index in [0.717, 1.165) is 0 Å². The minimum atomic E-state index is -3.90. The van der Waals surface area contributed by atoms with Crippen LogP contribution in [-0.2, 0) is 10.0 Å². The van der Waals surface area contributed by atoms with Crippen LogP contribution >= 0.6 is 23.4 Å². The standard InChI is InChI=1S/C5H6ClN3O3S2/c6-3-4(14(11,12)8-10)9-1-2-13-5(9)7-3/h1-2,4-5,8,10H. The highest BCUT2D eigenvalue weighted by atomic mass is 35.5. The average Bonchev–Trinajstić information content (AvgIpc) is 2.62. The number of nitrogens with zero attached hydrogens (tertiary/aromatic N) is 2. The lowest BCUT2D eigenvalue weighted by atomic mass is 10.6. The Hall–Kier alpha value is -0.280.